The molecule has 1 aliphatic heterocycles. The number of para-hydroxylation sites is 1. The van der Waals surface area contributed by atoms with Crippen molar-refractivity contribution in [2.24, 2.45) is 11.8 Å². The average molecular weight is 372 g/mol. The summed E-state index contributed by atoms with van der Waals surface area (Å²) >= 11 is 0. The summed E-state index contributed by atoms with van der Waals surface area (Å²) < 4.78 is 11.3. The van der Waals surface area contributed by atoms with Crippen LogP contribution in [-0.2, 0) is 9.53 Å². The first kappa shape index (κ1) is 18.3. The lowest BCUT2D eigenvalue weighted by molar-refractivity contribution is -0.140. The van der Waals surface area contributed by atoms with E-state index in [4.69, 9.17) is 9.47 Å². The third-order valence-electron chi connectivity index (χ3n) is 5.60. The lowest BCUT2D eigenvalue weighted by atomic mass is 10.1. The van der Waals surface area contributed by atoms with Crippen molar-refractivity contribution in [2.75, 3.05) is 39.9 Å². The van der Waals surface area contributed by atoms with Gasteiger partial charge in [-0.2, -0.15) is 0 Å². The van der Waals surface area contributed by atoms with Crippen LogP contribution in [0.2, 0.25) is 0 Å². The van der Waals surface area contributed by atoms with Crippen molar-refractivity contribution < 1.29 is 19.1 Å². The number of nitrogens with zero attached hydrogens (tertiary/aromatic N) is 2. The molecule has 0 spiro atoms. The van der Waals surface area contributed by atoms with E-state index in [0.29, 0.717) is 43.5 Å². The van der Waals surface area contributed by atoms with E-state index in [0.717, 1.165) is 19.4 Å². The van der Waals surface area contributed by atoms with Gasteiger partial charge in [0.1, 0.15) is 5.75 Å². The minimum atomic E-state index is -0.126. The molecule has 1 atom stereocenters. The Morgan fingerprint density at radius 3 is 2.67 bits per heavy atom. The van der Waals surface area contributed by atoms with Crippen LogP contribution in [0.15, 0.2) is 24.3 Å². The number of benzene rings is 1. The van der Waals surface area contributed by atoms with E-state index in [1.54, 1.807) is 7.11 Å². The number of ether oxygens (including phenoxy) is 2. The quantitative estimate of drug-likeness (QED) is 0.736. The van der Waals surface area contributed by atoms with E-state index in [1.165, 1.54) is 12.8 Å². The number of amides is 2. The predicted octanol–water partition coefficient (Wildman–Crippen LogP) is 2.18. The second-order valence-electron chi connectivity index (χ2n) is 7.91. The molecule has 1 unspecified atom stereocenters. The van der Waals surface area contributed by atoms with Crippen LogP contribution >= 0.6 is 0 Å². The monoisotopic (exact) mass is 372 g/mol. The maximum Gasteiger partial charge on any atom is 0.257 e. The summed E-state index contributed by atoms with van der Waals surface area (Å²) in [7, 11) is 1.59. The first-order chi connectivity index (χ1) is 13.2. The molecule has 6 heteroatoms. The smallest absolute Gasteiger partial charge is 0.257 e. The van der Waals surface area contributed by atoms with Gasteiger partial charge in [-0.15, -0.1) is 0 Å². The molecule has 1 aromatic rings. The zero-order valence-corrected chi connectivity index (χ0v) is 15.9. The average Bonchev–Trinajstić information content (AvgIpc) is 3.61. The number of carbonyl (C=O) groups excluding carboxylic acids is 2. The number of hydrogen-bond acceptors (Lipinski definition) is 4. The molecule has 146 valence electrons. The Morgan fingerprint density at radius 1 is 1.19 bits per heavy atom. The molecule has 3 aliphatic rings. The highest BCUT2D eigenvalue weighted by Crippen LogP contribution is 2.33. The predicted molar refractivity (Wildman–Crippen MR) is 101 cm³/mol. The molecule has 2 saturated carbocycles. The van der Waals surface area contributed by atoms with Crippen LogP contribution in [0, 0.1) is 11.8 Å². The van der Waals surface area contributed by atoms with E-state index >= 15 is 0 Å². The zero-order valence-electron chi connectivity index (χ0n) is 15.9. The molecule has 1 aromatic carbocycles. The fourth-order valence-corrected chi connectivity index (χ4v) is 3.71. The van der Waals surface area contributed by atoms with E-state index in [-0.39, 0.29) is 23.8 Å². The molecular formula is C21H28N2O4. The highest BCUT2D eigenvalue weighted by Gasteiger charge is 2.37. The van der Waals surface area contributed by atoms with Gasteiger partial charge in [0, 0.05) is 32.1 Å². The molecule has 4 rings (SSSR count). The van der Waals surface area contributed by atoms with Crippen LogP contribution in [0.25, 0.3) is 0 Å². The summed E-state index contributed by atoms with van der Waals surface area (Å²) in [6.07, 6.45) is 4.25. The van der Waals surface area contributed by atoms with E-state index in [9.17, 15) is 9.59 Å². The van der Waals surface area contributed by atoms with Gasteiger partial charge in [0.25, 0.3) is 5.91 Å². The van der Waals surface area contributed by atoms with Gasteiger partial charge in [-0.05, 0) is 43.7 Å². The van der Waals surface area contributed by atoms with Gasteiger partial charge in [-0.25, -0.2) is 0 Å². The topological polar surface area (TPSA) is 59.1 Å². The van der Waals surface area contributed by atoms with E-state index in [1.807, 2.05) is 34.1 Å². The Balaban J connectivity index is 1.45. The highest BCUT2D eigenvalue weighted by atomic mass is 16.5. The lowest BCUT2D eigenvalue weighted by Gasteiger charge is -2.36. The summed E-state index contributed by atoms with van der Waals surface area (Å²) in [5.41, 5.74) is 0.586. The maximum absolute atomic E-state index is 13.2. The normalized spacial score (nSPS) is 22.4. The third-order valence-corrected chi connectivity index (χ3v) is 5.60. The first-order valence-electron chi connectivity index (χ1n) is 9.98. The number of rotatable bonds is 7. The zero-order chi connectivity index (χ0) is 18.8. The van der Waals surface area contributed by atoms with Crippen molar-refractivity contribution in [3.63, 3.8) is 0 Å². The summed E-state index contributed by atoms with van der Waals surface area (Å²) in [5, 5.41) is 0. The summed E-state index contributed by atoms with van der Waals surface area (Å²) in [4.78, 5) is 29.4. The van der Waals surface area contributed by atoms with Crippen molar-refractivity contribution in [2.45, 2.75) is 31.8 Å². The fourth-order valence-electron chi connectivity index (χ4n) is 3.71. The molecule has 2 aliphatic carbocycles. The summed E-state index contributed by atoms with van der Waals surface area (Å²) in [6.45, 7) is 3.04. The minimum absolute atomic E-state index is 0.0198. The van der Waals surface area contributed by atoms with Crippen LogP contribution in [0.1, 0.15) is 36.0 Å². The van der Waals surface area contributed by atoms with Crippen LogP contribution < -0.4 is 4.74 Å². The fraction of sp³-hybridized carbons (Fsp3) is 0.619. The maximum atomic E-state index is 13.2. The number of hydrogen-bond donors (Lipinski definition) is 0. The SMILES string of the molecule is COc1ccccc1C(=O)N(CC1CC1)CC1CN(C(=O)C2CC2)CCO1. The van der Waals surface area contributed by atoms with Crippen molar-refractivity contribution in [3.8, 4) is 5.75 Å². The molecular weight excluding hydrogens is 344 g/mol. The van der Waals surface area contributed by atoms with Gasteiger partial charge < -0.3 is 19.3 Å². The first-order valence-corrected chi connectivity index (χ1v) is 9.98. The molecule has 3 fully saturated rings. The van der Waals surface area contributed by atoms with Gasteiger partial charge in [-0.1, -0.05) is 12.1 Å². The van der Waals surface area contributed by atoms with Crippen LogP contribution in [0.4, 0.5) is 0 Å². The molecule has 6 nitrogen and oxygen atoms in total. The van der Waals surface area contributed by atoms with Gasteiger partial charge in [0.05, 0.1) is 25.4 Å². The standard InChI is InChI=1S/C21H28N2O4/c1-26-19-5-3-2-4-18(19)21(25)23(12-15-6-7-15)14-17-13-22(10-11-27-17)20(24)16-8-9-16/h2-5,15-17H,6-14H2,1H3. The van der Waals surface area contributed by atoms with Gasteiger partial charge in [0.15, 0.2) is 0 Å². The van der Waals surface area contributed by atoms with Crippen LogP contribution in [-0.4, -0.2) is 67.6 Å². The van der Waals surface area contributed by atoms with Gasteiger partial charge >= 0.3 is 0 Å². The summed E-state index contributed by atoms with van der Waals surface area (Å²) in [5.74, 6) is 1.64. The number of morpholine rings is 1. The molecule has 0 radical (unpaired) electrons. The number of carbonyl (C=O) groups is 2. The second-order valence-corrected chi connectivity index (χ2v) is 7.91. The Morgan fingerprint density at radius 2 is 1.96 bits per heavy atom. The second kappa shape index (κ2) is 7.89. The molecule has 0 aromatic heterocycles. The molecule has 0 bridgehead atoms. The molecule has 0 N–H and O–H groups in total. The largest absolute Gasteiger partial charge is 0.496 e. The Bertz CT molecular complexity index is 699. The van der Waals surface area contributed by atoms with Crippen LogP contribution in [0.5, 0.6) is 5.75 Å². The van der Waals surface area contributed by atoms with Crippen molar-refractivity contribution >= 4 is 11.8 Å². The molecule has 27 heavy (non-hydrogen) atoms. The molecule has 1 heterocycles. The molecule has 1 saturated heterocycles. The Labute approximate surface area is 160 Å². The van der Waals surface area contributed by atoms with E-state index in [2.05, 4.69) is 0 Å². The van der Waals surface area contributed by atoms with Crippen molar-refractivity contribution in [1.82, 2.24) is 9.80 Å². The number of methoxy groups -OCH3 is 1. The van der Waals surface area contributed by atoms with E-state index < -0.39 is 0 Å². The minimum Gasteiger partial charge on any atom is -0.496 e. The lowest BCUT2D eigenvalue weighted by Crippen LogP contribution is -2.51. The van der Waals surface area contributed by atoms with Gasteiger partial charge in [0.2, 0.25) is 5.91 Å². The third kappa shape index (κ3) is 4.43. The molecule has 2 amide bonds. The van der Waals surface area contributed by atoms with Crippen LogP contribution in [0.3, 0.4) is 0 Å². The Hall–Kier alpha value is -2.08. The highest BCUT2D eigenvalue weighted by molar-refractivity contribution is 5.97. The van der Waals surface area contributed by atoms with Gasteiger partial charge in [-0.3, -0.25) is 9.59 Å². The summed E-state index contributed by atoms with van der Waals surface area (Å²) in [6, 6.07) is 7.35. The van der Waals surface area contributed by atoms with Crippen molar-refractivity contribution in [3.05, 3.63) is 29.8 Å². The van der Waals surface area contributed by atoms with Crippen molar-refractivity contribution in [1.29, 1.82) is 0 Å². The Kier molecular flexibility index (Phi) is 5.34.